The second-order valence-electron chi connectivity index (χ2n) is 6.42. The van der Waals surface area contributed by atoms with E-state index >= 15 is 0 Å². The molecule has 0 aromatic heterocycles. The lowest BCUT2D eigenvalue weighted by atomic mass is 10.1. The van der Waals surface area contributed by atoms with Crippen molar-refractivity contribution in [1.82, 2.24) is 4.48 Å². The fourth-order valence-electron chi connectivity index (χ4n) is 2.55. The molecule has 114 valence electrons. The van der Waals surface area contributed by atoms with Gasteiger partial charge in [-0.2, -0.15) is 0 Å². The summed E-state index contributed by atoms with van der Waals surface area (Å²) < 4.78 is 2.19. The molecule has 1 aromatic carbocycles. The van der Waals surface area contributed by atoms with Crippen molar-refractivity contribution in [2.45, 2.75) is 34.1 Å². The largest absolute Gasteiger partial charge is 0.326 e. The topological polar surface area (TPSA) is 0 Å². The van der Waals surface area contributed by atoms with Crippen LogP contribution in [0.4, 0.5) is 5.69 Å². The van der Waals surface area contributed by atoms with Gasteiger partial charge < -0.3 is 4.48 Å². The number of rotatable bonds is 8. The number of hydrogen-bond donors (Lipinski definition) is 0. The predicted octanol–water partition coefficient (Wildman–Crippen LogP) is 3.69. The zero-order valence-electron chi connectivity index (χ0n) is 14.4. The second-order valence-corrected chi connectivity index (χ2v) is 6.42. The van der Waals surface area contributed by atoms with Crippen LogP contribution in [0.25, 0.3) is 0 Å². The first-order valence-electron chi connectivity index (χ1n) is 8.20. The average molecular weight is 278 g/mol. The number of hydrogen-bond acceptors (Lipinski definition) is 0. The van der Waals surface area contributed by atoms with Crippen molar-refractivity contribution in [3.8, 4) is 0 Å². The monoisotopic (exact) mass is 278 g/mol. The van der Waals surface area contributed by atoms with Gasteiger partial charge >= 0.3 is 0 Å². The summed E-state index contributed by atoms with van der Waals surface area (Å²) in [4.78, 5) is 0. The summed E-state index contributed by atoms with van der Waals surface area (Å²) in [6.07, 6.45) is 1.18. The van der Waals surface area contributed by atoms with E-state index in [9.17, 15) is 0 Å². The van der Waals surface area contributed by atoms with Gasteiger partial charge in [0.2, 0.25) is 0 Å². The zero-order valence-corrected chi connectivity index (χ0v) is 14.4. The molecule has 2 nitrogen and oxygen atoms in total. The Morgan fingerprint density at radius 2 is 1.25 bits per heavy atom. The van der Waals surface area contributed by atoms with E-state index in [0.717, 1.165) is 17.6 Å². The van der Waals surface area contributed by atoms with Crippen molar-refractivity contribution in [3.63, 3.8) is 0 Å². The Labute approximate surface area is 126 Å². The zero-order chi connectivity index (χ0) is 15.2. The quantitative estimate of drug-likeness (QED) is 0.636. The molecule has 0 aliphatic rings. The van der Waals surface area contributed by atoms with Crippen LogP contribution in [-0.4, -0.2) is 51.3 Å². The summed E-state index contributed by atoms with van der Waals surface area (Å²) in [5, 5.41) is 0. The van der Waals surface area contributed by atoms with E-state index in [1.807, 2.05) is 0 Å². The van der Waals surface area contributed by atoms with Gasteiger partial charge in [0.05, 0.1) is 46.8 Å². The van der Waals surface area contributed by atoms with Crippen molar-refractivity contribution < 1.29 is 4.48 Å². The normalized spacial score (nSPS) is 12.7. The Morgan fingerprint density at radius 1 is 0.750 bits per heavy atom. The molecule has 2 heteroatoms. The van der Waals surface area contributed by atoms with Crippen molar-refractivity contribution in [2.24, 2.45) is 0 Å². The first-order valence-corrected chi connectivity index (χ1v) is 8.20. The molecule has 20 heavy (non-hydrogen) atoms. The molecule has 1 rings (SSSR count). The van der Waals surface area contributed by atoms with Gasteiger partial charge in [0.1, 0.15) is 5.69 Å². The Hall–Kier alpha value is -0.860. The Kier molecular flexibility index (Phi) is 6.22. The highest BCUT2D eigenvalue weighted by atomic mass is 15.3. The molecule has 0 fully saturated rings. The Balaban J connectivity index is 2.73. The Morgan fingerprint density at radius 3 is 1.65 bits per heavy atom. The first-order chi connectivity index (χ1) is 9.43. The third-order valence-corrected chi connectivity index (χ3v) is 5.42. The standard InChI is InChI=1S/C18H34N2/c1-7-19(5,8-2)16-15-17-11-13-18(14-12-17)20(6,9-3)10-4/h11-14H,7-10,15-16H2,1-6H3/q+2. The maximum Gasteiger partial charge on any atom is 0.132 e. The van der Waals surface area contributed by atoms with Gasteiger partial charge in [-0.1, -0.05) is 12.1 Å². The van der Waals surface area contributed by atoms with Gasteiger partial charge in [-0.15, -0.1) is 0 Å². The van der Waals surface area contributed by atoms with Crippen LogP contribution >= 0.6 is 0 Å². The van der Waals surface area contributed by atoms with Crippen molar-refractivity contribution in [1.29, 1.82) is 0 Å². The van der Waals surface area contributed by atoms with Gasteiger partial charge in [-0.3, -0.25) is 4.48 Å². The van der Waals surface area contributed by atoms with Gasteiger partial charge in [-0.05, 0) is 45.4 Å². The highest BCUT2D eigenvalue weighted by molar-refractivity contribution is 5.43. The number of benzene rings is 1. The van der Waals surface area contributed by atoms with Crippen LogP contribution in [0.15, 0.2) is 24.3 Å². The number of quaternary nitrogens is 2. The van der Waals surface area contributed by atoms with Crippen LogP contribution in [0, 0.1) is 0 Å². The molecule has 0 heterocycles. The van der Waals surface area contributed by atoms with Crippen molar-refractivity contribution in [2.75, 3.05) is 46.8 Å². The van der Waals surface area contributed by atoms with Crippen LogP contribution in [-0.2, 0) is 6.42 Å². The molecule has 0 aliphatic heterocycles. The lowest BCUT2D eigenvalue weighted by molar-refractivity contribution is -0.905. The fourth-order valence-corrected chi connectivity index (χ4v) is 2.55. The third-order valence-electron chi connectivity index (χ3n) is 5.42. The molecule has 0 saturated carbocycles. The van der Waals surface area contributed by atoms with Gasteiger partial charge in [-0.25, -0.2) is 0 Å². The van der Waals surface area contributed by atoms with Crippen LogP contribution in [0.1, 0.15) is 33.3 Å². The molecule has 0 radical (unpaired) electrons. The molecule has 0 bridgehead atoms. The highest BCUT2D eigenvalue weighted by Crippen LogP contribution is 2.21. The molecule has 0 aliphatic carbocycles. The van der Waals surface area contributed by atoms with Crippen LogP contribution in [0.3, 0.4) is 0 Å². The van der Waals surface area contributed by atoms with Crippen LogP contribution in [0.5, 0.6) is 0 Å². The van der Waals surface area contributed by atoms with Gasteiger partial charge in [0.15, 0.2) is 0 Å². The minimum Gasteiger partial charge on any atom is -0.326 e. The number of nitrogens with zero attached hydrogens (tertiary/aromatic N) is 2. The van der Waals surface area contributed by atoms with E-state index in [0.29, 0.717) is 0 Å². The molecule has 0 saturated heterocycles. The van der Waals surface area contributed by atoms with Gasteiger partial charge in [0.25, 0.3) is 0 Å². The number of likely N-dealkylation sites (N-methyl/N-ethyl adjacent to an activating group) is 1. The smallest absolute Gasteiger partial charge is 0.132 e. The molecule has 0 spiro atoms. The lowest BCUT2D eigenvalue weighted by Gasteiger charge is -2.33. The van der Waals surface area contributed by atoms with E-state index in [1.54, 1.807) is 0 Å². The summed E-state index contributed by atoms with van der Waals surface area (Å²) >= 11 is 0. The highest BCUT2D eigenvalue weighted by Gasteiger charge is 2.20. The predicted molar refractivity (Wildman–Crippen MR) is 91.1 cm³/mol. The molecule has 0 atom stereocenters. The van der Waals surface area contributed by atoms with Crippen LogP contribution < -0.4 is 4.48 Å². The van der Waals surface area contributed by atoms with E-state index in [-0.39, 0.29) is 0 Å². The molecular formula is C18H34N2+2. The van der Waals surface area contributed by atoms with E-state index in [1.165, 1.54) is 41.8 Å². The van der Waals surface area contributed by atoms with Crippen molar-refractivity contribution >= 4 is 5.69 Å². The maximum atomic E-state index is 2.36. The summed E-state index contributed by atoms with van der Waals surface area (Å²) in [6, 6.07) is 9.30. The molecule has 1 aromatic rings. The average Bonchev–Trinajstić information content (AvgIpc) is 2.52. The Bertz CT molecular complexity index is 386. The molecule has 0 N–H and O–H groups in total. The van der Waals surface area contributed by atoms with E-state index in [4.69, 9.17) is 0 Å². The van der Waals surface area contributed by atoms with Gasteiger partial charge in [0, 0.05) is 6.42 Å². The van der Waals surface area contributed by atoms with E-state index < -0.39 is 0 Å². The summed E-state index contributed by atoms with van der Waals surface area (Å²) in [5.41, 5.74) is 2.90. The summed E-state index contributed by atoms with van der Waals surface area (Å²) in [5.74, 6) is 0. The van der Waals surface area contributed by atoms with Crippen molar-refractivity contribution in [3.05, 3.63) is 29.8 Å². The molecule has 0 unspecified atom stereocenters. The van der Waals surface area contributed by atoms with Crippen LogP contribution in [0.2, 0.25) is 0 Å². The maximum absolute atomic E-state index is 2.36. The first kappa shape index (κ1) is 17.2. The molecule has 0 amide bonds. The lowest BCUT2D eigenvalue weighted by Crippen LogP contribution is -2.45. The minimum absolute atomic E-state index is 1.03. The third kappa shape index (κ3) is 4.07. The fraction of sp³-hybridized carbons (Fsp3) is 0.667. The summed E-state index contributed by atoms with van der Waals surface area (Å²) in [7, 11) is 4.67. The second kappa shape index (κ2) is 7.24. The van der Waals surface area contributed by atoms with E-state index in [2.05, 4.69) is 66.1 Å². The minimum atomic E-state index is 1.03. The molecular weight excluding hydrogens is 244 g/mol. The summed E-state index contributed by atoms with van der Waals surface area (Å²) in [6.45, 7) is 15.1. The SMILES string of the molecule is CC[N+](C)(CC)CCc1ccc([N+](C)(CC)CC)cc1.